The zero-order valence-corrected chi connectivity index (χ0v) is 12.6. The third-order valence-corrected chi connectivity index (χ3v) is 2.84. The van der Waals surface area contributed by atoms with E-state index in [0.717, 1.165) is 5.69 Å². The number of nitrogens with zero attached hydrogens (tertiary/aromatic N) is 2. The fourth-order valence-corrected chi connectivity index (χ4v) is 1.79. The molecule has 0 bridgehead atoms. The summed E-state index contributed by atoms with van der Waals surface area (Å²) in [6.07, 6.45) is 1.62. The molecule has 116 valence electrons. The minimum Gasteiger partial charge on any atom is -0.423 e. The van der Waals surface area contributed by atoms with Gasteiger partial charge in [0.15, 0.2) is 0 Å². The monoisotopic (exact) mass is 301 g/mol. The van der Waals surface area contributed by atoms with Crippen LogP contribution in [0.1, 0.15) is 24.7 Å². The summed E-state index contributed by atoms with van der Waals surface area (Å²) in [5, 5.41) is 16.4. The molecule has 0 aliphatic heterocycles. The topological polar surface area (TPSA) is 92.1 Å². The van der Waals surface area contributed by atoms with E-state index in [-0.39, 0.29) is 12.1 Å². The van der Waals surface area contributed by atoms with E-state index in [4.69, 9.17) is 4.42 Å². The number of benzene rings is 1. The van der Waals surface area contributed by atoms with Crippen molar-refractivity contribution in [2.45, 2.75) is 19.9 Å². The highest BCUT2D eigenvalue weighted by Crippen LogP contribution is 2.20. The molecule has 1 aromatic heterocycles. The van der Waals surface area contributed by atoms with Crippen LogP contribution in [-0.2, 0) is 0 Å². The normalized spacial score (nSPS) is 11.5. The van der Waals surface area contributed by atoms with Gasteiger partial charge < -0.3 is 20.4 Å². The van der Waals surface area contributed by atoms with Crippen LogP contribution in [0.25, 0.3) is 0 Å². The van der Waals surface area contributed by atoms with E-state index in [1.165, 1.54) is 0 Å². The van der Waals surface area contributed by atoms with Crippen LogP contribution in [0.5, 0.6) is 0 Å². The molecule has 2 aromatic rings. The number of nitrogens with one attached hydrogen (secondary N) is 3. The summed E-state index contributed by atoms with van der Waals surface area (Å²) in [5.41, 5.74) is 1.59. The number of anilines is 2. The maximum atomic E-state index is 11.5. The highest BCUT2D eigenvalue weighted by molar-refractivity contribution is 5.89. The fourth-order valence-electron chi connectivity index (χ4n) is 1.79. The van der Waals surface area contributed by atoms with E-state index in [2.05, 4.69) is 32.7 Å². The van der Waals surface area contributed by atoms with Crippen molar-refractivity contribution in [1.29, 1.82) is 0 Å². The molecule has 1 heterocycles. The standard InChI is InChI=1S/C15H19N5O2/c1-4-9-16-15(21)18-13-7-5-12(6-8-13)17-10(2)14-20-19-11(3)22-14/h4-8,10,17H,1,9H2,2-3H3,(H2,16,18,21)/t10-/m1/s1. The number of aromatic nitrogens is 2. The van der Waals surface area contributed by atoms with Crippen LogP contribution >= 0.6 is 0 Å². The van der Waals surface area contributed by atoms with Crippen LogP contribution in [0, 0.1) is 6.92 Å². The molecule has 0 unspecified atom stereocenters. The van der Waals surface area contributed by atoms with Crippen LogP contribution in [0.3, 0.4) is 0 Å². The highest BCUT2D eigenvalue weighted by Gasteiger charge is 2.12. The lowest BCUT2D eigenvalue weighted by Crippen LogP contribution is -2.28. The average Bonchev–Trinajstić information content (AvgIpc) is 2.94. The first kappa shape index (κ1) is 15.6. The van der Waals surface area contributed by atoms with Gasteiger partial charge >= 0.3 is 6.03 Å². The van der Waals surface area contributed by atoms with Gasteiger partial charge in [-0.2, -0.15) is 0 Å². The predicted octanol–water partition coefficient (Wildman–Crippen LogP) is 2.86. The van der Waals surface area contributed by atoms with E-state index in [1.807, 2.05) is 31.2 Å². The number of amides is 2. The molecular formula is C15H19N5O2. The van der Waals surface area contributed by atoms with Crippen LogP contribution in [0.2, 0.25) is 0 Å². The number of carbonyl (C=O) groups excluding carboxylic acids is 1. The van der Waals surface area contributed by atoms with Gasteiger partial charge in [0.25, 0.3) is 0 Å². The zero-order valence-electron chi connectivity index (χ0n) is 12.6. The molecule has 22 heavy (non-hydrogen) atoms. The Kier molecular flexibility index (Phi) is 5.13. The minimum atomic E-state index is -0.268. The summed E-state index contributed by atoms with van der Waals surface area (Å²) in [6.45, 7) is 7.64. The molecule has 2 rings (SSSR count). The molecule has 1 aromatic carbocycles. The van der Waals surface area contributed by atoms with Crippen molar-refractivity contribution in [3.8, 4) is 0 Å². The number of hydrogen-bond donors (Lipinski definition) is 3. The molecule has 0 radical (unpaired) electrons. The quantitative estimate of drug-likeness (QED) is 0.713. The number of rotatable bonds is 6. The third kappa shape index (κ3) is 4.34. The lowest BCUT2D eigenvalue weighted by atomic mass is 10.2. The van der Waals surface area contributed by atoms with E-state index in [0.29, 0.717) is 24.0 Å². The Morgan fingerprint density at radius 2 is 2.00 bits per heavy atom. The molecule has 1 atom stereocenters. The smallest absolute Gasteiger partial charge is 0.319 e. The van der Waals surface area contributed by atoms with Gasteiger partial charge in [-0.3, -0.25) is 0 Å². The first-order valence-electron chi connectivity index (χ1n) is 6.91. The molecular weight excluding hydrogens is 282 g/mol. The van der Waals surface area contributed by atoms with Crippen molar-refractivity contribution in [3.63, 3.8) is 0 Å². The molecule has 0 aliphatic rings. The van der Waals surface area contributed by atoms with Crippen molar-refractivity contribution in [2.75, 3.05) is 17.2 Å². The minimum absolute atomic E-state index is 0.101. The maximum Gasteiger partial charge on any atom is 0.319 e. The van der Waals surface area contributed by atoms with Crippen molar-refractivity contribution >= 4 is 17.4 Å². The van der Waals surface area contributed by atoms with Gasteiger partial charge in [-0.15, -0.1) is 16.8 Å². The van der Waals surface area contributed by atoms with Gasteiger partial charge in [0, 0.05) is 24.8 Å². The number of hydrogen-bond acceptors (Lipinski definition) is 5. The second-order valence-electron chi connectivity index (χ2n) is 4.73. The maximum absolute atomic E-state index is 11.5. The summed E-state index contributed by atoms with van der Waals surface area (Å²) in [6, 6.07) is 6.97. The Balaban J connectivity index is 1.91. The first-order valence-corrected chi connectivity index (χ1v) is 6.91. The van der Waals surface area contributed by atoms with Gasteiger partial charge in [0.05, 0.1) is 0 Å². The molecule has 0 aliphatic carbocycles. The van der Waals surface area contributed by atoms with Crippen LogP contribution in [-0.4, -0.2) is 22.8 Å². The van der Waals surface area contributed by atoms with E-state index >= 15 is 0 Å². The van der Waals surface area contributed by atoms with Crippen molar-refractivity contribution in [1.82, 2.24) is 15.5 Å². The molecule has 0 fully saturated rings. The molecule has 0 saturated carbocycles. The van der Waals surface area contributed by atoms with E-state index < -0.39 is 0 Å². The Bertz CT molecular complexity index is 636. The second kappa shape index (κ2) is 7.26. The zero-order chi connectivity index (χ0) is 15.9. The van der Waals surface area contributed by atoms with Crippen molar-refractivity contribution in [2.24, 2.45) is 0 Å². The Morgan fingerprint density at radius 1 is 1.32 bits per heavy atom. The molecule has 2 amide bonds. The van der Waals surface area contributed by atoms with Gasteiger partial charge in [-0.25, -0.2) is 4.79 Å². The number of urea groups is 1. The van der Waals surface area contributed by atoms with Gasteiger partial charge in [0.2, 0.25) is 11.8 Å². The van der Waals surface area contributed by atoms with E-state index in [9.17, 15) is 4.79 Å². The Labute approximate surface area is 128 Å². The number of carbonyl (C=O) groups is 1. The van der Waals surface area contributed by atoms with Gasteiger partial charge in [-0.05, 0) is 31.2 Å². The fraction of sp³-hybridized carbons (Fsp3) is 0.267. The summed E-state index contributed by atoms with van der Waals surface area (Å²) < 4.78 is 5.37. The second-order valence-corrected chi connectivity index (χ2v) is 4.73. The molecule has 0 spiro atoms. The van der Waals surface area contributed by atoms with Crippen LogP contribution in [0.4, 0.5) is 16.2 Å². The SMILES string of the molecule is C=CCNC(=O)Nc1ccc(N[C@H](C)c2nnc(C)o2)cc1. The Hall–Kier alpha value is -2.83. The molecule has 7 heteroatoms. The summed E-state index contributed by atoms with van der Waals surface area (Å²) in [4.78, 5) is 11.5. The summed E-state index contributed by atoms with van der Waals surface area (Å²) in [7, 11) is 0. The lowest BCUT2D eigenvalue weighted by Gasteiger charge is -2.12. The van der Waals surface area contributed by atoms with E-state index in [1.54, 1.807) is 13.0 Å². The number of aryl methyl sites for hydroxylation is 1. The predicted molar refractivity (Wildman–Crippen MR) is 84.7 cm³/mol. The first-order chi connectivity index (χ1) is 10.6. The summed E-state index contributed by atoms with van der Waals surface area (Å²) >= 11 is 0. The molecule has 0 saturated heterocycles. The lowest BCUT2D eigenvalue weighted by molar-refractivity contribution is 0.253. The summed E-state index contributed by atoms with van der Waals surface area (Å²) in [5.74, 6) is 1.07. The van der Waals surface area contributed by atoms with Gasteiger partial charge in [-0.1, -0.05) is 6.08 Å². The van der Waals surface area contributed by atoms with Gasteiger partial charge in [0.1, 0.15) is 6.04 Å². The van der Waals surface area contributed by atoms with Crippen LogP contribution in [0.15, 0.2) is 41.3 Å². The third-order valence-electron chi connectivity index (χ3n) is 2.84. The average molecular weight is 301 g/mol. The van der Waals surface area contributed by atoms with Crippen molar-refractivity contribution < 1.29 is 9.21 Å². The molecule has 3 N–H and O–H groups in total. The van der Waals surface area contributed by atoms with Crippen LogP contribution < -0.4 is 16.0 Å². The molecule has 7 nitrogen and oxygen atoms in total. The van der Waals surface area contributed by atoms with Crippen molar-refractivity contribution in [3.05, 3.63) is 48.7 Å². The largest absolute Gasteiger partial charge is 0.423 e. The highest BCUT2D eigenvalue weighted by atomic mass is 16.4. The Morgan fingerprint density at radius 3 is 2.59 bits per heavy atom.